The fraction of sp³-hybridized carbons (Fsp3) is 0.250. The Morgan fingerprint density at radius 2 is 2.17 bits per heavy atom. The number of ether oxygens (including phenoxy) is 1. The van der Waals surface area contributed by atoms with Gasteiger partial charge in [0.05, 0.1) is 18.7 Å². The molecule has 0 aliphatic heterocycles. The standard InChI is InChI=1S/C16H17N5O2/c1-23-9-8-21-14(20-13-5-3-7-18-15(13)21)11-19-16(22)12-4-2-6-17-10-12/h2-7,10H,8-9,11H2,1H3,(H,19,22). The summed E-state index contributed by atoms with van der Waals surface area (Å²) in [5.74, 6) is 0.560. The van der Waals surface area contributed by atoms with Crippen molar-refractivity contribution in [1.82, 2.24) is 24.8 Å². The number of nitrogens with zero attached hydrogens (tertiary/aromatic N) is 4. The highest BCUT2D eigenvalue weighted by Gasteiger charge is 2.13. The average Bonchev–Trinajstić information content (AvgIpc) is 2.96. The van der Waals surface area contributed by atoms with Crippen LogP contribution in [-0.2, 0) is 17.8 Å². The Hall–Kier alpha value is -2.80. The summed E-state index contributed by atoms with van der Waals surface area (Å²) < 4.78 is 7.10. The number of fused-ring (bicyclic) bond motifs is 1. The Labute approximate surface area is 133 Å². The lowest BCUT2D eigenvalue weighted by Gasteiger charge is -2.09. The Morgan fingerprint density at radius 1 is 1.30 bits per heavy atom. The highest BCUT2D eigenvalue weighted by atomic mass is 16.5. The molecule has 0 unspecified atom stereocenters. The molecule has 7 heteroatoms. The molecule has 0 radical (unpaired) electrons. The first-order valence-corrected chi connectivity index (χ1v) is 7.27. The van der Waals surface area contributed by atoms with Gasteiger partial charge in [-0.1, -0.05) is 0 Å². The van der Waals surface area contributed by atoms with Crippen LogP contribution in [0.25, 0.3) is 11.2 Å². The van der Waals surface area contributed by atoms with Crippen molar-refractivity contribution in [3.63, 3.8) is 0 Å². The summed E-state index contributed by atoms with van der Waals surface area (Å²) in [6, 6.07) is 7.19. The lowest BCUT2D eigenvalue weighted by molar-refractivity contribution is 0.0949. The van der Waals surface area contributed by atoms with Gasteiger partial charge < -0.3 is 14.6 Å². The van der Waals surface area contributed by atoms with Crippen LogP contribution in [0.5, 0.6) is 0 Å². The minimum Gasteiger partial charge on any atom is -0.383 e. The lowest BCUT2D eigenvalue weighted by atomic mass is 10.3. The first-order chi connectivity index (χ1) is 11.3. The Bertz CT molecular complexity index is 801. The fourth-order valence-corrected chi connectivity index (χ4v) is 2.32. The van der Waals surface area contributed by atoms with Gasteiger partial charge in [-0.3, -0.25) is 9.78 Å². The number of carbonyl (C=O) groups is 1. The first-order valence-electron chi connectivity index (χ1n) is 7.27. The van der Waals surface area contributed by atoms with Crippen LogP contribution >= 0.6 is 0 Å². The number of methoxy groups -OCH3 is 1. The molecule has 0 aromatic carbocycles. The topological polar surface area (TPSA) is 81.9 Å². The molecule has 3 aromatic rings. The Balaban J connectivity index is 1.80. The average molecular weight is 311 g/mol. The van der Waals surface area contributed by atoms with E-state index in [9.17, 15) is 4.79 Å². The maximum atomic E-state index is 12.1. The van der Waals surface area contributed by atoms with Gasteiger partial charge in [-0.25, -0.2) is 9.97 Å². The predicted octanol–water partition coefficient (Wildman–Crippen LogP) is 1.40. The smallest absolute Gasteiger partial charge is 0.253 e. The van der Waals surface area contributed by atoms with Gasteiger partial charge in [-0.2, -0.15) is 0 Å². The van der Waals surface area contributed by atoms with Gasteiger partial charge in [0.25, 0.3) is 5.91 Å². The summed E-state index contributed by atoms with van der Waals surface area (Å²) >= 11 is 0. The van der Waals surface area contributed by atoms with E-state index in [1.807, 2.05) is 16.7 Å². The molecule has 23 heavy (non-hydrogen) atoms. The minimum atomic E-state index is -0.184. The van der Waals surface area contributed by atoms with Gasteiger partial charge in [0.1, 0.15) is 11.3 Å². The van der Waals surface area contributed by atoms with Crippen molar-refractivity contribution in [1.29, 1.82) is 0 Å². The number of carbonyl (C=O) groups excluding carboxylic acids is 1. The van der Waals surface area contributed by atoms with E-state index in [0.717, 1.165) is 17.0 Å². The molecular weight excluding hydrogens is 294 g/mol. The second kappa shape index (κ2) is 6.97. The predicted molar refractivity (Wildman–Crippen MR) is 84.8 cm³/mol. The zero-order chi connectivity index (χ0) is 16.1. The highest BCUT2D eigenvalue weighted by Crippen LogP contribution is 2.13. The summed E-state index contributed by atoms with van der Waals surface area (Å²) in [6.07, 6.45) is 4.89. The number of hydrogen-bond acceptors (Lipinski definition) is 5. The van der Waals surface area contributed by atoms with Crippen LogP contribution in [0.2, 0.25) is 0 Å². The van der Waals surface area contributed by atoms with Crippen LogP contribution in [0, 0.1) is 0 Å². The van der Waals surface area contributed by atoms with Crippen molar-refractivity contribution >= 4 is 17.1 Å². The van der Waals surface area contributed by atoms with Crippen molar-refractivity contribution in [2.24, 2.45) is 0 Å². The SMILES string of the molecule is COCCn1c(CNC(=O)c2cccnc2)nc2cccnc21. The number of rotatable bonds is 6. The number of nitrogens with one attached hydrogen (secondary N) is 1. The number of hydrogen-bond donors (Lipinski definition) is 1. The van der Waals surface area contributed by atoms with Crippen molar-refractivity contribution < 1.29 is 9.53 Å². The van der Waals surface area contributed by atoms with Crippen LogP contribution in [-0.4, -0.2) is 39.1 Å². The van der Waals surface area contributed by atoms with Crippen molar-refractivity contribution in [3.8, 4) is 0 Å². The van der Waals surface area contributed by atoms with E-state index in [-0.39, 0.29) is 5.91 Å². The number of imidazole rings is 1. The van der Waals surface area contributed by atoms with E-state index in [0.29, 0.717) is 25.3 Å². The van der Waals surface area contributed by atoms with Crippen LogP contribution < -0.4 is 5.32 Å². The van der Waals surface area contributed by atoms with Gasteiger partial charge in [-0.05, 0) is 24.3 Å². The molecule has 0 fully saturated rings. The molecule has 3 rings (SSSR count). The molecule has 0 atom stereocenters. The zero-order valence-electron chi connectivity index (χ0n) is 12.8. The molecule has 1 amide bonds. The van der Waals surface area contributed by atoms with Crippen LogP contribution in [0.15, 0.2) is 42.9 Å². The minimum absolute atomic E-state index is 0.184. The molecule has 118 valence electrons. The van der Waals surface area contributed by atoms with E-state index >= 15 is 0 Å². The van der Waals surface area contributed by atoms with E-state index in [4.69, 9.17) is 4.74 Å². The summed E-state index contributed by atoms with van der Waals surface area (Å²) in [6.45, 7) is 1.49. The maximum absolute atomic E-state index is 12.1. The lowest BCUT2D eigenvalue weighted by Crippen LogP contribution is -2.25. The molecule has 0 aliphatic carbocycles. The molecule has 0 bridgehead atoms. The fourth-order valence-electron chi connectivity index (χ4n) is 2.32. The summed E-state index contributed by atoms with van der Waals surface area (Å²) in [4.78, 5) is 25.0. The third-order valence-electron chi connectivity index (χ3n) is 3.43. The first kappa shape index (κ1) is 15.1. The number of amides is 1. The van der Waals surface area contributed by atoms with Gasteiger partial charge in [-0.15, -0.1) is 0 Å². The zero-order valence-corrected chi connectivity index (χ0v) is 12.8. The molecule has 7 nitrogen and oxygen atoms in total. The summed E-state index contributed by atoms with van der Waals surface area (Å²) in [7, 11) is 1.65. The van der Waals surface area contributed by atoms with E-state index < -0.39 is 0 Å². The van der Waals surface area contributed by atoms with Crippen LogP contribution in [0.4, 0.5) is 0 Å². The monoisotopic (exact) mass is 311 g/mol. The third kappa shape index (κ3) is 3.35. The number of pyridine rings is 2. The molecule has 3 heterocycles. The van der Waals surface area contributed by atoms with Gasteiger partial charge >= 0.3 is 0 Å². The third-order valence-corrected chi connectivity index (χ3v) is 3.43. The molecule has 0 saturated carbocycles. The second-order valence-electron chi connectivity index (χ2n) is 4.94. The van der Waals surface area contributed by atoms with Gasteiger partial charge in [0, 0.05) is 32.2 Å². The maximum Gasteiger partial charge on any atom is 0.253 e. The molecule has 0 saturated heterocycles. The highest BCUT2D eigenvalue weighted by molar-refractivity contribution is 5.93. The van der Waals surface area contributed by atoms with Crippen molar-refractivity contribution in [2.45, 2.75) is 13.1 Å². The Kier molecular flexibility index (Phi) is 4.58. The van der Waals surface area contributed by atoms with Crippen LogP contribution in [0.1, 0.15) is 16.2 Å². The Morgan fingerprint density at radius 3 is 2.96 bits per heavy atom. The van der Waals surface area contributed by atoms with E-state index in [2.05, 4.69) is 20.3 Å². The molecule has 0 spiro atoms. The molecule has 1 N–H and O–H groups in total. The number of aromatic nitrogens is 4. The van der Waals surface area contributed by atoms with Crippen molar-refractivity contribution in [2.75, 3.05) is 13.7 Å². The van der Waals surface area contributed by atoms with Crippen molar-refractivity contribution in [3.05, 3.63) is 54.2 Å². The van der Waals surface area contributed by atoms with E-state index in [1.54, 1.807) is 31.6 Å². The second-order valence-corrected chi connectivity index (χ2v) is 4.94. The normalized spacial score (nSPS) is 10.8. The largest absolute Gasteiger partial charge is 0.383 e. The van der Waals surface area contributed by atoms with Gasteiger partial charge in [0.15, 0.2) is 5.65 Å². The quantitative estimate of drug-likeness (QED) is 0.744. The van der Waals surface area contributed by atoms with Crippen LogP contribution in [0.3, 0.4) is 0 Å². The molecular formula is C16H17N5O2. The van der Waals surface area contributed by atoms with E-state index in [1.165, 1.54) is 6.20 Å². The summed E-state index contributed by atoms with van der Waals surface area (Å²) in [5.41, 5.74) is 2.11. The summed E-state index contributed by atoms with van der Waals surface area (Å²) in [5, 5.41) is 2.86. The van der Waals surface area contributed by atoms with Gasteiger partial charge in [0.2, 0.25) is 0 Å². The molecule has 3 aromatic heterocycles. The molecule has 0 aliphatic rings.